The summed E-state index contributed by atoms with van der Waals surface area (Å²) in [6, 6.07) is 3.60. The first-order valence-electron chi connectivity index (χ1n) is 2.85. The van der Waals surface area contributed by atoms with Gasteiger partial charge in [0.1, 0.15) is 11.4 Å². The zero-order valence-corrected chi connectivity index (χ0v) is 6.47. The number of aromatic nitrogens is 2. The summed E-state index contributed by atoms with van der Waals surface area (Å²) < 4.78 is 10.7. The maximum Gasteiger partial charge on any atom is 0.149 e. The van der Waals surface area contributed by atoms with Gasteiger partial charge < -0.3 is 4.55 Å². The third kappa shape index (κ3) is 2.33. The molecule has 0 bridgehead atoms. The Balaban J connectivity index is 2.59. The maximum atomic E-state index is 10.7. The molecule has 1 unspecified atom stereocenters. The number of hydrogen-bond acceptors (Lipinski definition) is 3. The van der Waals surface area contributed by atoms with E-state index in [4.69, 9.17) is 0 Å². The molecule has 1 atom stereocenters. The lowest BCUT2D eigenvalue weighted by atomic mass is 10.4. The topological polar surface area (TPSA) is 48.8 Å². The second kappa shape index (κ2) is 3.53. The Labute approximate surface area is 62.7 Å². The highest BCUT2D eigenvalue weighted by atomic mass is 32.2. The molecule has 54 valence electrons. The SMILES string of the molecule is C[S+]([O-])Cc1cccnn1. The number of hydrogen-bond donors (Lipinski definition) is 0. The highest BCUT2D eigenvalue weighted by Crippen LogP contribution is 1.97. The number of rotatable bonds is 2. The van der Waals surface area contributed by atoms with Crippen molar-refractivity contribution in [1.82, 2.24) is 10.2 Å². The highest BCUT2D eigenvalue weighted by molar-refractivity contribution is 7.89. The molecule has 0 amide bonds. The van der Waals surface area contributed by atoms with Crippen molar-refractivity contribution in [3.63, 3.8) is 0 Å². The molecule has 0 radical (unpaired) electrons. The van der Waals surface area contributed by atoms with Crippen LogP contribution in [0.5, 0.6) is 0 Å². The monoisotopic (exact) mass is 156 g/mol. The lowest BCUT2D eigenvalue weighted by Gasteiger charge is -2.01. The second-order valence-corrected chi connectivity index (χ2v) is 3.37. The molecule has 0 aliphatic carbocycles. The van der Waals surface area contributed by atoms with Crippen molar-refractivity contribution in [2.75, 3.05) is 6.26 Å². The molecule has 0 spiro atoms. The van der Waals surface area contributed by atoms with E-state index in [1.54, 1.807) is 18.5 Å². The van der Waals surface area contributed by atoms with Crippen LogP contribution in [-0.4, -0.2) is 21.0 Å². The fraction of sp³-hybridized carbons (Fsp3) is 0.333. The first-order valence-corrected chi connectivity index (χ1v) is 4.58. The van der Waals surface area contributed by atoms with E-state index in [0.29, 0.717) is 5.75 Å². The minimum atomic E-state index is -0.819. The average Bonchev–Trinajstić information content (AvgIpc) is 1.88. The average molecular weight is 156 g/mol. The van der Waals surface area contributed by atoms with Gasteiger partial charge in [-0.1, -0.05) is 11.2 Å². The lowest BCUT2D eigenvalue weighted by Crippen LogP contribution is -2.02. The summed E-state index contributed by atoms with van der Waals surface area (Å²) >= 11 is -0.819. The van der Waals surface area contributed by atoms with E-state index in [1.165, 1.54) is 0 Å². The molecule has 0 saturated heterocycles. The predicted octanol–water partition coefficient (Wildman–Crippen LogP) is 0.355. The largest absolute Gasteiger partial charge is 0.616 e. The van der Waals surface area contributed by atoms with E-state index in [2.05, 4.69) is 10.2 Å². The van der Waals surface area contributed by atoms with Gasteiger partial charge in [0.05, 0.1) is 6.26 Å². The van der Waals surface area contributed by atoms with E-state index in [9.17, 15) is 4.55 Å². The standard InChI is InChI=1S/C6H8N2OS/c1-10(9)5-6-3-2-4-7-8-6/h2-4H,5H2,1H3. The molecule has 1 rings (SSSR count). The van der Waals surface area contributed by atoms with Crippen LogP contribution in [0.2, 0.25) is 0 Å². The molecule has 3 nitrogen and oxygen atoms in total. The molecular formula is C6H8N2OS. The molecule has 0 aliphatic heterocycles. The van der Waals surface area contributed by atoms with Gasteiger partial charge in [-0.05, 0) is 12.1 Å². The van der Waals surface area contributed by atoms with Crippen LogP contribution < -0.4 is 0 Å². The molecule has 0 fully saturated rings. The summed E-state index contributed by atoms with van der Waals surface area (Å²) in [4.78, 5) is 0. The van der Waals surface area contributed by atoms with Gasteiger partial charge >= 0.3 is 0 Å². The zero-order valence-electron chi connectivity index (χ0n) is 5.65. The Morgan fingerprint density at radius 1 is 1.70 bits per heavy atom. The molecular weight excluding hydrogens is 148 g/mol. The zero-order chi connectivity index (χ0) is 7.40. The Morgan fingerprint density at radius 2 is 2.50 bits per heavy atom. The minimum absolute atomic E-state index is 0.494. The smallest absolute Gasteiger partial charge is 0.149 e. The van der Waals surface area contributed by atoms with Crippen molar-refractivity contribution in [2.45, 2.75) is 5.75 Å². The number of nitrogens with zero attached hydrogens (tertiary/aromatic N) is 2. The Kier molecular flexibility index (Phi) is 2.65. The second-order valence-electron chi connectivity index (χ2n) is 1.93. The summed E-state index contributed by atoms with van der Waals surface area (Å²) in [6.45, 7) is 0. The van der Waals surface area contributed by atoms with Crippen molar-refractivity contribution in [2.24, 2.45) is 0 Å². The van der Waals surface area contributed by atoms with Crippen LogP contribution in [0.4, 0.5) is 0 Å². The third-order valence-electron chi connectivity index (χ3n) is 0.979. The molecule has 0 N–H and O–H groups in total. The van der Waals surface area contributed by atoms with Crippen LogP contribution >= 0.6 is 0 Å². The van der Waals surface area contributed by atoms with Crippen LogP contribution in [0.1, 0.15) is 5.69 Å². The van der Waals surface area contributed by atoms with Gasteiger partial charge in [0, 0.05) is 6.20 Å². The van der Waals surface area contributed by atoms with E-state index >= 15 is 0 Å². The maximum absolute atomic E-state index is 10.7. The molecule has 1 aromatic rings. The van der Waals surface area contributed by atoms with Crippen molar-refractivity contribution in [3.8, 4) is 0 Å². The van der Waals surface area contributed by atoms with Crippen molar-refractivity contribution in [3.05, 3.63) is 24.0 Å². The van der Waals surface area contributed by atoms with E-state index in [1.807, 2.05) is 6.07 Å². The first kappa shape index (κ1) is 7.50. The molecule has 0 saturated carbocycles. The molecule has 0 aromatic carbocycles. The van der Waals surface area contributed by atoms with E-state index in [-0.39, 0.29) is 0 Å². The lowest BCUT2D eigenvalue weighted by molar-refractivity contribution is 0.599. The summed E-state index contributed by atoms with van der Waals surface area (Å²) in [5.74, 6) is 0.494. The van der Waals surface area contributed by atoms with E-state index < -0.39 is 11.2 Å². The van der Waals surface area contributed by atoms with Crippen LogP contribution in [0, 0.1) is 0 Å². The van der Waals surface area contributed by atoms with Gasteiger partial charge in [0.25, 0.3) is 0 Å². The third-order valence-corrected chi connectivity index (χ3v) is 1.68. The normalized spacial score (nSPS) is 13.0. The quantitative estimate of drug-likeness (QED) is 0.581. The van der Waals surface area contributed by atoms with Crippen molar-refractivity contribution < 1.29 is 4.55 Å². The predicted molar refractivity (Wildman–Crippen MR) is 39.8 cm³/mol. The first-order chi connectivity index (χ1) is 4.79. The molecule has 4 heteroatoms. The van der Waals surface area contributed by atoms with Crippen molar-refractivity contribution in [1.29, 1.82) is 0 Å². The van der Waals surface area contributed by atoms with Gasteiger partial charge in [0.2, 0.25) is 0 Å². The van der Waals surface area contributed by atoms with Crippen molar-refractivity contribution >= 4 is 11.2 Å². The Morgan fingerprint density at radius 3 is 3.00 bits per heavy atom. The van der Waals surface area contributed by atoms with Gasteiger partial charge in [-0.2, -0.15) is 10.2 Å². The Hall–Kier alpha value is -0.610. The fourth-order valence-electron chi connectivity index (χ4n) is 0.619. The Bertz CT molecular complexity index is 190. The minimum Gasteiger partial charge on any atom is -0.616 e. The van der Waals surface area contributed by atoms with Crippen LogP contribution in [0.3, 0.4) is 0 Å². The summed E-state index contributed by atoms with van der Waals surface area (Å²) in [6.07, 6.45) is 3.25. The highest BCUT2D eigenvalue weighted by Gasteiger charge is 1.99. The molecule has 1 aromatic heterocycles. The summed E-state index contributed by atoms with van der Waals surface area (Å²) in [5, 5.41) is 7.43. The van der Waals surface area contributed by atoms with Gasteiger partial charge in [0.15, 0.2) is 0 Å². The van der Waals surface area contributed by atoms with E-state index in [0.717, 1.165) is 5.69 Å². The van der Waals surface area contributed by atoms with Crippen LogP contribution in [0.15, 0.2) is 18.3 Å². The van der Waals surface area contributed by atoms with Gasteiger partial charge in [-0.3, -0.25) is 0 Å². The summed E-state index contributed by atoms with van der Waals surface area (Å²) in [7, 11) is 0. The molecule has 10 heavy (non-hydrogen) atoms. The molecule has 0 aliphatic rings. The molecule has 1 heterocycles. The van der Waals surface area contributed by atoms with Gasteiger partial charge in [-0.15, -0.1) is 0 Å². The van der Waals surface area contributed by atoms with Crippen LogP contribution in [0.25, 0.3) is 0 Å². The van der Waals surface area contributed by atoms with Gasteiger partial charge in [-0.25, -0.2) is 0 Å². The van der Waals surface area contributed by atoms with Crippen LogP contribution in [-0.2, 0) is 16.9 Å². The fourth-order valence-corrected chi connectivity index (χ4v) is 1.19. The summed E-state index contributed by atoms with van der Waals surface area (Å²) in [5.41, 5.74) is 0.781.